The second kappa shape index (κ2) is 8.52. The lowest BCUT2D eigenvalue weighted by Gasteiger charge is -2.39. The monoisotopic (exact) mass is 291 g/mol. The predicted octanol–water partition coefficient (Wildman–Crippen LogP) is 3.08. The Morgan fingerprint density at radius 2 is 2.10 bits per heavy atom. The number of aliphatic hydroxyl groups is 1. The number of rotatable bonds is 8. The van der Waals surface area contributed by atoms with Crippen molar-refractivity contribution < 1.29 is 9.84 Å². The summed E-state index contributed by atoms with van der Waals surface area (Å²) in [4.78, 5) is 0. The molecule has 1 aromatic carbocycles. The molecule has 0 amide bonds. The van der Waals surface area contributed by atoms with E-state index in [2.05, 4.69) is 17.4 Å². The van der Waals surface area contributed by atoms with Crippen molar-refractivity contribution in [1.82, 2.24) is 5.32 Å². The normalized spacial score (nSPS) is 21.9. The van der Waals surface area contributed by atoms with Crippen molar-refractivity contribution in [2.75, 3.05) is 26.3 Å². The Kier molecular flexibility index (Phi) is 6.68. The summed E-state index contributed by atoms with van der Waals surface area (Å²) in [5, 5.41) is 14.8. The van der Waals surface area contributed by atoms with Crippen LogP contribution in [0.1, 0.15) is 44.6 Å². The van der Waals surface area contributed by atoms with E-state index in [9.17, 15) is 5.11 Å². The number of ether oxygens (including phenoxy) is 1. The Morgan fingerprint density at radius 3 is 2.76 bits per heavy atom. The fraction of sp³-hybridized carbons (Fsp3) is 0.667. The number of hydrogen-bond donors (Lipinski definition) is 2. The number of piperidine rings is 1. The molecule has 0 aromatic heterocycles. The van der Waals surface area contributed by atoms with Crippen molar-refractivity contribution in [2.24, 2.45) is 5.92 Å². The van der Waals surface area contributed by atoms with Gasteiger partial charge in [-0.3, -0.25) is 0 Å². The third-order valence-electron chi connectivity index (χ3n) is 4.55. The van der Waals surface area contributed by atoms with Crippen LogP contribution in [0.3, 0.4) is 0 Å². The van der Waals surface area contributed by atoms with Crippen molar-refractivity contribution in [3.8, 4) is 0 Å². The fourth-order valence-electron chi connectivity index (χ4n) is 3.31. The molecule has 1 aromatic rings. The minimum Gasteiger partial charge on any atom is -0.385 e. The van der Waals surface area contributed by atoms with Gasteiger partial charge in [0.05, 0.1) is 5.60 Å². The first-order valence-corrected chi connectivity index (χ1v) is 8.33. The molecular formula is C18H29NO2. The molecule has 0 radical (unpaired) electrons. The van der Waals surface area contributed by atoms with Gasteiger partial charge in [0.1, 0.15) is 0 Å². The third-order valence-corrected chi connectivity index (χ3v) is 4.55. The molecule has 0 aliphatic carbocycles. The molecule has 1 aliphatic heterocycles. The van der Waals surface area contributed by atoms with Gasteiger partial charge in [-0.2, -0.15) is 0 Å². The Balaban J connectivity index is 2.02. The largest absolute Gasteiger partial charge is 0.385 e. The van der Waals surface area contributed by atoms with Crippen molar-refractivity contribution in [3.05, 3.63) is 35.9 Å². The standard InChI is InChI=1S/C18H29NO2/c1-2-21-14-7-6-12-18(20,16-9-4-3-5-10-16)17-11-8-13-19-15-17/h3-5,9-10,17,19-20H,2,6-8,11-15H2,1H3. The van der Waals surface area contributed by atoms with E-state index < -0.39 is 5.60 Å². The summed E-state index contributed by atoms with van der Waals surface area (Å²) < 4.78 is 5.41. The van der Waals surface area contributed by atoms with Crippen molar-refractivity contribution >= 4 is 0 Å². The number of nitrogens with one attached hydrogen (secondary N) is 1. The summed E-state index contributed by atoms with van der Waals surface area (Å²) in [6.45, 7) is 5.58. The summed E-state index contributed by atoms with van der Waals surface area (Å²) in [6, 6.07) is 10.2. The zero-order chi connectivity index (χ0) is 15.0. The Hall–Kier alpha value is -0.900. The van der Waals surface area contributed by atoms with Gasteiger partial charge in [-0.25, -0.2) is 0 Å². The van der Waals surface area contributed by atoms with Gasteiger partial charge in [0.25, 0.3) is 0 Å². The first-order valence-electron chi connectivity index (χ1n) is 8.33. The van der Waals surface area contributed by atoms with Crippen molar-refractivity contribution in [1.29, 1.82) is 0 Å². The Bertz CT molecular complexity index is 389. The highest BCUT2D eigenvalue weighted by atomic mass is 16.5. The molecule has 3 nitrogen and oxygen atoms in total. The van der Waals surface area contributed by atoms with E-state index >= 15 is 0 Å². The molecule has 1 aliphatic rings. The lowest BCUT2D eigenvalue weighted by molar-refractivity contribution is -0.0436. The molecule has 118 valence electrons. The van der Waals surface area contributed by atoms with E-state index in [4.69, 9.17) is 4.74 Å². The molecule has 1 saturated heterocycles. The van der Waals surface area contributed by atoms with Crippen LogP contribution in [0.2, 0.25) is 0 Å². The van der Waals surface area contributed by atoms with E-state index in [1.807, 2.05) is 25.1 Å². The molecule has 3 heteroatoms. The molecule has 1 heterocycles. The maximum absolute atomic E-state index is 11.4. The lowest BCUT2D eigenvalue weighted by Crippen LogP contribution is -2.44. The fourth-order valence-corrected chi connectivity index (χ4v) is 3.31. The van der Waals surface area contributed by atoms with Gasteiger partial charge in [-0.1, -0.05) is 30.3 Å². The minimum atomic E-state index is -0.707. The van der Waals surface area contributed by atoms with Gasteiger partial charge in [-0.05, 0) is 51.1 Å². The van der Waals surface area contributed by atoms with Gasteiger partial charge in [0.15, 0.2) is 0 Å². The van der Waals surface area contributed by atoms with Crippen LogP contribution in [0.5, 0.6) is 0 Å². The third kappa shape index (κ3) is 4.53. The van der Waals surface area contributed by atoms with Gasteiger partial charge in [0, 0.05) is 25.7 Å². The van der Waals surface area contributed by atoms with Gasteiger partial charge in [0.2, 0.25) is 0 Å². The van der Waals surface area contributed by atoms with Crippen molar-refractivity contribution in [3.63, 3.8) is 0 Å². The summed E-state index contributed by atoms with van der Waals surface area (Å²) in [5.74, 6) is 0.306. The summed E-state index contributed by atoms with van der Waals surface area (Å²) in [6.07, 6.45) is 5.09. The highest BCUT2D eigenvalue weighted by Crippen LogP contribution is 2.38. The topological polar surface area (TPSA) is 41.5 Å². The maximum Gasteiger partial charge on any atom is 0.0936 e. The molecule has 0 bridgehead atoms. The van der Waals surface area contributed by atoms with Crippen LogP contribution in [0.25, 0.3) is 0 Å². The average molecular weight is 291 g/mol. The van der Waals surface area contributed by atoms with E-state index in [1.54, 1.807) is 0 Å². The predicted molar refractivity (Wildman–Crippen MR) is 86.3 cm³/mol. The van der Waals surface area contributed by atoms with E-state index in [0.717, 1.165) is 64.0 Å². The SMILES string of the molecule is CCOCCCCC(O)(c1ccccc1)C1CCCNC1. The highest BCUT2D eigenvalue weighted by Gasteiger charge is 2.38. The van der Waals surface area contributed by atoms with Crippen LogP contribution in [0, 0.1) is 5.92 Å². The zero-order valence-corrected chi connectivity index (χ0v) is 13.2. The molecule has 2 rings (SSSR count). The second-order valence-electron chi connectivity index (χ2n) is 5.99. The van der Waals surface area contributed by atoms with Crippen LogP contribution in [-0.4, -0.2) is 31.4 Å². The summed E-state index contributed by atoms with van der Waals surface area (Å²) >= 11 is 0. The van der Waals surface area contributed by atoms with Crippen LogP contribution in [0.4, 0.5) is 0 Å². The van der Waals surface area contributed by atoms with Crippen LogP contribution in [-0.2, 0) is 10.3 Å². The molecule has 1 fully saturated rings. The van der Waals surface area contributed by atoms with E-state index in [0.29, 0.717) is 5.92 Å². The smallest absolute Gasteiger partial charge is 0.0936 e. The van der Waals surface area contributed by atoms with Crippen LogP contribution < -0.4 is 5.32 Å². The molecule has 2 atom stereocenters. The highest BCUT2D eigenvalue weighted by molar-refractivity contribution is 5.23. The number of unbranched alkanes of at least 4 members (excludes halogenated alkanes) is 1. The quantitative estimate of drug-likeness (QED) is 0.723. The number of benzene rings is 1. The minimum absolute atomic E-state index is 0.306. The molecular weight excluding hydrogens is 262 g/mol. The first kappa shape index (κ1) is 16.5. The average Bonchev–Trinajstić information content (AvgIpc) is 2.56. The summed E-state index contributed by atoms with van der Waals surface area (Å²) in [7, 11) is 0. The molecule has 21 heavy (non-hydrogen) atoms. The molecule has 0 saturated carbocycles. The molecule has 2 N–H and O–H groups in total. The van der Waals surface area contributed by atoms with Gasteiger partial charge >= 0.3 is 0 Å². The van der Waals surface area contributed by atoms with Gasteiger partial charge in [-0.15, -0.1) is 0 Å². The lowest BCUT2D eigenvalue weighted by atomic mass is 9.74. The van der Waals surface area contributed by atoms with E-state index in [1.165, 1.54) is 0 Å². The van der Waals surface area contributed by atoms with E-state index in [-0.39, 0.29) is 0 Å². The second-order valence-corrected chi connectivity index (χ2v) is 5.99. The van der Waals surface area contributed by atoms with Crippen molar-refractivity contribution in [2.45, 2.75) is 44.6 Å². The zero-order valence-electron chi connectivity index (χ0n) is 13.2. The van der Waals surface area contributed by atoms with Crippen LogP contribution in [0.15, 0.2) is 30.3 Å². The molecule has 0 spiro atoms. The van der Waals surface area contributed by atoms with Crippen LogP contribution >= 0.6 is 0 Å². The maximum atomic E-state index is 11.4. The molecule has 2 unspecified atom stereocenters. The first-order chi connectivity index (χ1) is 10.3. The van der Waals surface area contributed by atoms with Gasteiger partial charge < -0.3 is 15.2 Å². The Labute approximate surface area is 128 Å². The Morgan fingerprint density at radius 1 is 1.29 bits per heavy atom. The summed E-state index contributed by atoms with van der Waals surface area (Å²) in [5.41, 5.74) is 0.357. The number of hydrogen-bond acceptors (Lipinski definition) is 3.